The zero-order valence-corrected chi connectivity index (χ0v) is 15.5. The maximum absolute atomic E-state index is 13.0. The molecule has 3 nitrogen and oxygen atoms in total. The van der Waals surface area contributed by atoms with Crippen molar-refractivity contribution in [3.63, 3.8) is 0 Å². The summed E-state index contributed by atoms with van der Waals surface area (Å²) >= 11 is 0. The number of carbonyl (C=O) groups excluding carboxylic acids is 1. The van der Waals surface area contributed by atoms with Crippen LogP contribution in [0.2, 0.25) is 0 Å². The van der Waals surface area contributed by atoms with E-state index in [0.29, 0.717) is 12.2 Å². The number of hydrogen-bond acceptors (Lipinski definition) is 3. The average Bonchev–Trinajstić information content (AvgIpc) is 2.73. The highest BCUT2D eigenvalue weighted by molar-refractivity contribution is 6.26. The van der Waals surface area contributed by atoms with E-state index >= 15 is 0 Å². The second-order valence-corrected chi connectivity index (χ2v) is 5.93. The maximum atomic E-state index is 13.0. The number of rotatable bonds is 6. The Bertz CT molecular complexity index is 911. The van der Waals surface area contributed by atoms with E-state index in [0.717, 1.165) is 28.0 Å². The van der Waals surface area contributed by atoms with Crippen LogP contribution in [-0.4, -0.2) is 19.7 Å². The Hall–Kier alpha value is -3.33. The molecule has 0 heterocycles. The normalized spacial score (nSPS) is 11.5. The van der Waals surface area contributed by atoms with Gasteiger partial charge in [0.1, 0.15) is 5.75 Å². The van der Waals surface area contributed by atoms with Crippen LogP contribution >= 0.6 is 0 Å². The minimum absolute atomic E-state index is 0.319. The molecule has 3 rings (SSSR count). The summed E-state index contributed by atoms with van der Waals surface area (Å²) in [6.45, 7) is 2.13. The summed E-state index contributed by atoms with van der Waals surface area (Å²) in [5.74, 6) is 0.432. The van der Waals surface area contributed by atoms with Crippen LogP contribution in [-0.2, 0) is 9.53 Å². The Morgan fingerprint density at radius 3 is 1.78 bits per heavy atom. The molecule has 136 valence electrons. The van der Waals surface area contributed by atoms with E-state index < -0.39 is 0 Å². The largest absolute Gasteiger partial charge is 0.497 e. The van der Waals surface area contributed by atoms with Gasteiger partial charge in [0.05, 0.1) is 19.3 Å². The van der Waals surface area contributed by atoms with Gasteiger partial charge >= 0.3 is 5.97 Å². The van der Waals surface area contributed by atoms with Gasteiger partial charge in [-0.3, -0.25) is 0 Å². The minimum Gasteiger partial charge on any atom is -0.497 e. The highest BCUT2D eigenvalue weighted by Crippen LogP contribution is 2.34. The molecule has 0 aliphatic heterocycles. The van der Waals surface area contributed by atoms with Gasteiger partial charge in [0.15, 0.2) is 0 Å². The number of hydrogen-bond donors (Lipinski definition) is 0. The molecule has 0 spiro atoms. The van der Waals surface area contributed by atoms with Gasteiger partial charge in [0.2, 0.25) is 0 Å². The molecule has 0 unspecified atom stereocenters. The van der Waals surface area contributed by atoms with Crippen LogP contribution in [0.3, 0.4) is 0 Å². The van der Waals surface area contributed by atoms with E-state index in [1.807, 2.05) is 91.9 Å². The molecular weight excluding hydrogens is 336 g/mol. The molecule has 0 aliphatic rings. The summed E-state index contributed by atoms with van der Waals surface area (Å²) in [4.78, 5) is 13.0. The van der Waals surface area contributed by atoms with Crippen LogP contribution in [0.1, 0.15) is 23.6 Å². The topological polar surface area (TPSA) is 35.5 Å². The molecule has 0 aliphatic carbocycles. The first kappa shape index (κ1) is 18.5. The van der Waals surface area contributed by atoms with Gasteiger partial charge in [0, 0.05) is 5.57 Å². The number of methoxy groups -OCH3 is 1. The fraction of sp³-hybridized carbons (Fsp3) is 0.125. The van der Waals surface area contributed by atoms with Gasteiger partial charge in [-0.1, -0.05) is 72.8 Å². The molecule has 27 heavy (non-hydrogen) atoms. The number of benzene rings is 3. The SMILES string of the molecule is CCOC(=O)/C(=C(/c1ccccc1)c1ccc(OC)cc1)c1ccccc1. The monoisotopic (exact) mass is 358 g/mol. The molecule has 3 heteroatoms. The van der Waals surface area contributed by atoms with E-state index in [4.69, 9.17) is 9.47 Å². The lowest BCUT2D eigenvalue weighted by Crippen LogP contribution is -2.10. The second kappa shape index (κ2) is 8.86. The standard InChI is InChI=1S/C24H22O3/c1-3-27-24(25)23(19-12-8-5-9-13-19)22(18-10-6-4-7-11-18)20-14-16-21(26-2)17-15-20/h4-17H,3H2,1-2H3/b23-22-. The molecule has 0 atom stereocenters. The minimum atomic E-state index is -0.335. The van der Waals surface area contributed by atoms with Crippen molar-refractivity contribution in [2.45, 2.75) is 6.92 Å². The zero-order valence-electron chi connectivity index (χ0n) is 15.5. The zero-order chi connectivity index (χ0) is 19.1. The van der Waals surface area contributed by atoms with Crippen molar-refractivity contribution in [3.8, 4) is 5.75 Å². The number of esters is 1. The predicted molar refractivity (Wildman–Crippen MR) is 108 cm³/mol. The molecule has 0 N–H and O–H groups in total. The Balaban J connectivity index is 2.30. The summed E-state index contributed by atoms with van der Waals surface area (Å²) in [7, 11) is 1.64. The van der Waals surface area contributed by atoms with Crippen LogP contribution in [0.15, 0.2) is 84.9 Å². The third-order valence-electron chi connectivity index (χ3n) is 4.23. The van der Waals surface area contributed by atoms with Crippen molar-refractivity contribution in [3.05, 3.63) is 102 Å². The maximum Gasteiger partial charge on any atom is 0.339 e. The molecule has 0 radical (unpaired) electrons. The van der Waals surface area contributed by atoms with Crippen molar-refractivity contribution >= 4 is 17.1 Å². The summed E-state index contributed by atoms with van der Waals surface area (Å²) in [6, 6.07) is 27.2. The quantitative estimate of drug-likeness (QED) is 0.344. The van der Waals surface area contributed by atoms with Crippen molar-refractivity contribution < 1.29 is 14.3 Å². The first-order valence-electron chi connectivity index (χ1n) is 8.91. The van der Waals surface area contributed by atoms with E-state index in [1.54, 1.807) is 7.11 Å². The third kappa shape index (κ3) is 4.26. The molecule has 0 amide bonds. The van der Waals surface area contributed by atoms with E-state index in [2.05, 4.69) is 0 Å². The first-order valence-corrected chi connectivity index (χ1v) is 8.91. The van der Waals surface area contributed by atoms with Gasteiger partial charge in [-0.05, 0) is 35.7 Å². The van der Waals surface area contributed by atoms with Crippen LogP contribution in [0.25, 0.3) is 11.1 Å². The molecule has 3 aromatic rings. The summed E-state index contributed by atoms with van der Waals surface area (Å²) < 4.78 is 10.7. The molecule has 0 bridgehead atoms. The van der Waals surface area contributed by atoms with Crippen LogP contribution in [0.4, 0.5) is 0 Å². The van der Waals surface area contributed by atoms with Crippen molar-refractivity contribution in [1.29, 1.82) is 0 Å². The predicted octanol–water partition coefficient (Wildman–Crippen LogP) is 5.22. The smallest absolute Gasteiger partial charge is 0.339 e. The molecule has 0 saturated carbocycles. The molecule has 0 fully saturated rings. The Morgan fingerprint density at radius 2 is 1.26 bits per heavy atom. The fourth-order valence-electron chi connectivity index (χ4n) is 2.99. The third-order valence-corrected chi connectivity index (χ3v) is 4.23. The van der Waals surface area contributed by atoms with Gasteiger partial charge in [-0.2, -0.15) is 0 Å². The summed E-state index contributed by atoms with van der Waals surface area (Å²) in [6.07, 6.45) is 0. The summed E-state index contributed by atoms with van der Waals surface area (Å²) in [5, 5.41) is 0. The van der Waals surface area contributed by atoms with Gasteiger partial charge in [0.25, 0.3) is 0 Å². The van der Waals surface area contributed by atoms with Crippen molar-refractivity contribution in [1.82, 2.24) is 0 Å². The number of carbonyl (C=O) groups is 1. The van der Waals surface area contributed by atoms with Crippen molar-refractivity contribution in [2.24, 2.45) is 0 Å². The number of ether oxygens (including phenoxy) is 2. The van der Waals surface area contributed by atoms with Crippen LogP contribution < -0.4 is 4.74 Å². The van der Waals surface area contributed by atoms with E-state index in [1.165, 1.54) is 0 Å². The highest BCUT2D eigenvalue weighted by atomic mass is 16.5. The lowest BCUT2D eigenvalue weighted by molar-refractivity contribution is -0.136. The average molecular weight is 358 g/mol. The molecular formula is C24H22O3. The first-order chi connectivity index (χ1) is 13.2. The second-order valence-electron chi connectivity index (χ2n) is 5.93. The van der Waals surface area contributed by atoms with Gasteiger partial charge < -0.3 is 9.47 Å². The lowest BCUT2D eigenvalue weighted by atomic mass is 9.89. The van der Waals surface area contributed by atoms with E-state index in [9.17, 15) is 4.79 Å². The molecule has 3 aromatic carbocycles. The Kier molecular flexibility index (Phi) is 6.06. The highest BCUT2D eigenvalue weighted by Gasteiger charge is 2.21. The van der Waals surface area contributed by atoms with Crippen LogP contribution in [0.5, 0.6) is 5.75 Å². The Morgan fingerprint density at radius 1 is 0.741 bits per heavy atom. The fourth-order valence-corrected chi connectivity index (χ4v) is 2.99. The van der Waals surface area contributed by atoms with E-state index in [-0.39, 0.29) is 5.97 Å². The van der Waals surface area contributed by atoms with Gasteiger partial charge in [-0.15, -0.1) is 0 Å². The molecule has 0 aromatic heterocycles. The lowest BCUT2D eigenvalue weighted by Gasteiger charge is -2.16. The van der Waals surface area contributed by atoms with Crippen LogP contribution in [0, 0.1) is 0 Å². The van der Waals surface area contributed by atoms with Gasteiger partial charge in [-0.25, -0.2) is 4.79 Å². The molecule has 0 saturated heterocycles. The van der Waals surface area contributed by atoms with Crippen molar-refractivity contribution in [2.75, 3.05) is 13.7 Å². The Labute approximate surface area is 159 Å². The summed E-state index contributed by atoms with van der Waals surface area (Å²) in [5.41, 5.74) is 4.09.